The number of hydrogen-bond acceptors (Lipinski definition) is 1. The van der Waals surface area contributed by atoms with Gasteiger partial charge in [-0.15, -0.1) is 0 Å². The van der Waals surface area contributed by atoms with E-state index in [4.69, 9.17) is 0 Å². The highest BCUT2D eigenvalue weighted by Crippen LogP contribution is 2.19. The molecule has 0 unspecified atom stereocenters. The highest BCUT2D eigenvalue weighted by Gasteiger charge is 2.11. The third-order valence-corrected chi connectivity index (χ3v) is 3.71. The molecular weight excluding hydrogens is 246 g/mol. The van der Waals surface area contributed by atoms with Crippen molar-refractivity contribution in [3.63, 3.8) is 0 Å². The van der Waals surface area contributed by atoms with Crippen LogP contribution < -0.4 is 5.56 Å². The molecule has 0 aliphatic rings. The molecule has 0 N–H and O–H groups in total. The van der Waals surface area contributed by atoms with Crippen molar-refractivity contribution in [2.24, 2.45) is 0 Å². The second-order valence-electron chi connectivity index (χ2n) is 5.00. The summed E-state index contributed by atoms with van der Waals surface area (Å²) in [7, 11) is 0. The quantitative estimate of drug-likeness (QED) is 0.688. The number of pyridine rings is 1. The van der Waals surface area contributed by atoms with E-state index in [9.17, 15) is 4.79 Å². The number of para-hydroxylation sites is 1. The monoisotopic (exact) mass is 263 g/mol. The summed E-state index contributed by atoms with van der Waals surface area (Å²) in [5, 5.41) is 1.84. The SMILES string of the molecule is CCc1cc2cccc(C)c2c(=O)n1-c1ccccc1. The summed E-state index contributed by atoms with van der Waals surface area (Å²) >= 11 is 0. The molecule has 0 bridgehead atoms. The molecule has 0 saturated heterocycles. The van der Waals surface area contributed by atoms with E-state index in [1.54, 1.807) is 0 Å². The number of fused-ring (bicyclic) bond motifs is 1. The Kier molecular flexibility index (Phi) is 3.15. The lowest BCUT2D eigenvalue weighted by atomic mass is 10.1. The maximum Gasteiger partial charge on any atom is 0.263 e. The molecule has 0 radical (unpaired) electrons. The molecule has 1 heterocycles. The van der Waals surface area contributed by atoms with Crippen LogP contribution in [-0.2, 0) is 6.42 Å². The van der Waals surface area contributed by atoms with E-state index in [2.05, 4.69) is 13.0 Å². The van der Waals surface area contributed by atoms with Gasteiger partial charge in [-0.1, -0.05) is 43.3 Å². The van der Waals surface area contributed by atoms with Crippen molar-refractivity contribution in [3.8, 4) is 5.69 Å². The van der Waals surface area contributed by atoms with E-state index in [1.165, 1.54) is 0 Å². The predicted molar refractivity (Wildman–Crippen MR) is 83.7 cm³/mol. The van der Waals surface area contributed by atoms with E-state index in [-0.39, 0.29) is 5.56 Å². The summed E-state index contributed by atoms with van der Waals surface area (Å²) in [4.78, 5) is 12.9. The van der Waals surface area contributed by atoms with Gasteiger partial charge >= 0.3 is 0 Å². The van der Waals surface area contributed by atoms with Gasteiger partial charge in [0.25, 0.3) is 5.56 Å². The Morgan fingerprint density at radius 1 is 1.00 bits per heavy atom. The highest BCUT2D eigenvalue weighted by molar-refractivity contribution is 5.85. The second-order valence-corrected chi connectivity index (χ2v) is 5.00. The molecule has 3 aromatic rings. The maximum absolute atomic E-state index is 12.9. The fourth-order valence-corrected chi connectivity index (χ4v) is 2.71. The van der Waals surface area contributed by atoms with Crippen LogP contribution in [0.3, 0.4) is 0 Å². The first kappa shape index (κ1) is 12.7. The summed E-state index contributed by atoms with van der Waals surface area (Å²) in [5.74, 6) is 0. The van der Waals surface area contributed by atoms with Crippen LogP contribution in [0.5, 0.6) is 0 Å². The standard InChI is InChI=1S/C18H17NO/c1-3-15-12-14-9-7-8-13(2)17(14)18(20)19(15)16-10-5-4-6-11-16/h4-12H,3H2,1-2H3. The van der Waals surface area contributed by atoms with E-state index in [0.717, 1.165) is 34.1 Å². The summed E-state index contributed by atoms with van der Waals surface area (Å²) in [6.07, 6.45) is 0.827. The first-order valence-corrected chi connectivity index (χ1v) is 6.92. The van der Waals surface area contributed by atoms with Gasteiger partial charge in [-0.2, -0.15) is 0 Å². The molecular formula is C18H17NO. The first-order chi connectivity index (χ1) is 9.72. The normalized spacial score (nSPS) is 10.9. The lowest BCUT2D eigenvalue weighted by molar-refractivity contribution is 0.888. The third kappa shape index (κ3) is 1.94. The molecule has 2 heteroatoms. The van der Waals surface area contributed by atoms with Gasteiger partial charge in [-0.3, -0.25) is 9.36 Å². The van der Waals surface area contributed by atoms with Crippen molar-refractivity contribution in [2.75, 3.05) is 0 Å². The summed E-state index contributed by atoms with van der Waals surface area (Å²) in [5.41, 5.74) is 3.07. The predicted octanol–water partition coefficient (Wildman–Crippen LogP) is 3.86. The van der Waals surface area contributed by atoms with Crippen LogP contribution in [0, 0.1) is 6.92 Å². The fraction of sp³-hybridized carbons (Fsp3) is 0.167. The molecule has 0 amide bonds. The zero-order valence-electron chi connectivity index (χ0n) is 11.8. The molecule has 100 valence electrons. The zero-order valence-corrected chi connectivity index (χ0v) is 11.8. The number of benzene rings is 2. The van der Waals surface area contributed by atoms with Crippen LogP contribution >= 0.6 is 0 Å². The van der Waals surface area contributed by atoms with Gasteiger partial charge in [0.05, 0.1) is 5.39 Å². The Morgan fingerprint density at radius 2 is 1.75 bits per heavy atom. The average Bonchev–Trinajstić information content (AvgIpc) is 2.47. The van der Waals surface area contributed by atoms with Crippen LogP contribution in [0.15, 0.2) is 59.4 Å². The highest BCUT2D eigenvalue weighted by atomic mass is 16.1. The Labute approximate surface area is 118 Å². The van der Waals surface area contributed by atoms with E-state index < -0.39 is 0 Å². The van der Waals surface area contributed by atoms with Crippen LogP contribution in [0.25, 0.3) is 16.5 Å². The van der Waals surface area contributed by atoms with E-state index in [1.807, 2.05) is 60.0 Å². The molecule has 3 rings (SSSR count). The molecule has 1 aromatic heterocycles. The lowest BCUT2D eigenvalue weighted by Crippen LogP contribution is -2.22. The Bertz CT molecular complexity index is 816. The zero-order chi connectivity index (χ0) is 14.1. The van der Waals surface area contributed by atoms with Crippen molar-refractivity contribution < 1.29 is 0 Å². The molecule has 0 spiro atoms. The topological polar surface area (TPSA) is 22.0 Å². The molecule has 0 atom stereocenters. The van der Waals surface area contributed by atoms with Gasteiger partial charge < -0.3 is 0 Å². The minimum absolute atomic E-state index is 0.0728. The third-order valence-electron chi connectivity index (χ3n) is 3.71. The van der Waals surface area contributed by atoms with Gasteiger partial charge in [0.1, 0.15) is 0 Å². The van der Waals surface area contributed by atoms with Crippen LogP contribution in [0.4, 0.5) is 0 Å². The molecule has 0 aliphatic carbocycles. The average molecular weight is 263 g/mol. The first-order valence-electron chi connectivity index (χ1n) is 6.92. The largest absolute Gasteiger partial charge is 0.281 e. The fourth-order valence-electron chi connectivity index (χ4n) is 2.71. The number of nitrogens with zero attached hydrogens (tertiary/aromatic N) is 1. The van der Waals surface area contributed by atoms with Crippen LogP contribution in [0.2, 0.25) is 0 Å². The molecule has 0 saturated carbocycles. The van der Waals surface area contributed by atoms with Crippen molar-refractivity contribution in [2.45, 2.75) is 20.3 Å². The van der Waals surface area contributed by atoms with Gasteiger partial charge in [-0.05, 0) is 42.5 Å². The molecule has 0 fully saturated rings. The summed E-state index contributed by atoms with van der Waals surface area (Å²) in [6.45, 7) is 4.07. The minimum Gasteiger partial charge on any atom is -0.281 e. The molecule has 0 aliphatic heterocycles. The molecule has 2 aromatic carbocycles. The second kappa shape index (κ2) is 4.97. The Balaban J connectivity index is 2.45. The Morgan fingerprint density at radius 3 is 2.45 bits per heavy atom. The van der Waals surface area contributed by atoms with Crippen LogP contribution in [0.1, 0.15) is 18.2 Å². The number of aryl methyl sites for hydroxylation is 2. The van der Waals surface area contributed by atoms with Crippen LogP contribution in [-0.4, -0.2) is 4.57 Å². The minimum atomic E-state index is 0.0728. The number of aromatic nitrogens is 1. The summed E-state index contributed by atoms with van der Waals surface area (Å²) < 4.78 is 1.83. The van der Waals surface area contributed by atoms with Crippen molar-refractivity contribution in [1.82, 2.24) is 4.57 Å². The van der Waals surface area contributed by atoms with Gasteiger partial charge in [0.2, 0.25) is 0 Å². The lowest BCUT2D eigenvalue weighted by Gasteiger charge is -2.14. The smallest absolute Gasteiger partial charge is 0.263 e. The van der Waals surface area contributed by atoms with Gasteiger partial charge in [-0.25, -0.2) is 0 Å². The van der Waals surface area contributed by atoms with Gasteiger partial charge in [0, 0.05) is 11.4 Å². The Hall–Kier alpha value is -2.35. The molecule has 20 heavy (non-hydrogen) atoms. The number of hydrogen-bond donors (Lipinski definition) is 0. The van der Waals surface area contributed by atoms with E-state index in [0.29, 0.717) is 0 Å². The summed E-state index contributed by atoms with van der Waals surface area (Å²) in [6, 6.07) is 18.0. The number of rotatable bonds is 2. The maximum atomic E-state index is 12.9. The van der Waals surface area contributed by atoms with Crippen molar-refractivity contribution >= 4 is 10.8 Å². The molecule has 2 nitrogen and oxygen atoms in total. The van der Waals surface area contributed by atoms with Crippen molar-refractivity contribution in [3.05, 3.63) is 76.2 Å². The van der Waals surface area contributed by atoms with Gasteiger partial charge in [0.15, 0.2) is 0 Å². The van der Waals surface area contributed by atoms with Crippen molar-refractivity contribution in [1.29, 1.82) is 0 Å². The van der Waals surface area contributed by atoms with E-state index >= 15 is 0 Å².